The van der Waals surface area contributed by atoms with Crippen molar-refractivity contribution in [2.45, 2.75) is 38.6 Å². The van der Waals surface area contributed by atoms with E-state index in [1.807, 2.05) is 12.1 Å². The lowest BCUT2D eigenvalue weighted by atomic mass is 9.82. The van der Waals surface area contributed by atoms with Gasteiger partial charge in [0.05, 0.1) is 11.5 Å². The van der Waals surface area contributed by atoms with Gasteiger partial charge in [-0.05, 0) is 61.3 Å². The van der Waals surface area contributed by atoms with Crippen LogP contribution in [0.1, 0.15) is 36.8 Å². The van der Waals surface area contributed by atoms with Crippen LogP contribution in [0.25, 0.3) is 0 Å². The molecule has 9 nitrogen and oxygen atoms in total. The van der Waals surface area contributed by atoms with E-state index < -0.39 is 4.92 Å². The highest BCUT2D eigenvalue weighted by Gasteiger charge is 2.22. The van der Waals surface area contributed by atoms with Crippen LogP contribution in [-0.4, -0.2) is 34.6 Å². The van der Waals surface area contributed by atoms with Crippen molar-refractivity contribution >= 4 is 17.5 Å². The lowest BCUT2D eigenvalue weighted by Crippen LogP contribution is -2.25. The average Bonchev–Trinajstić information content (AvgIpc) is 3.24. The summed E-state index contributed by atoms with van der Waals surface area (Å²) in [5, 5.41) is 17.8. The molecule has 1 saturated carbocycles. The molecular weight excluding hydrogens is 384 g/mol. The fourth-order valence-corrected chi connectivity index (χ4v) is 4.17. The minimum atomic E-state index is -0.446. The summed E-state index contributed by atoms with van der Waals surface area (Å²) >= 11 is 0. The predicted molar refractivity (Wildman–Crippen MR) is 115 cm³/mol. The van der Waals surface area contributed by atoms with Crippen LogP contribution in [0.3, 0.4) is 0 Å². The van der Waals surface area contributed by atoms with Crippen molar-refractivity contribution in [3.8, 4) is 5.75 Å². The van der Waals surface area contributed by atoms with Gasteiger partial charge in [-0.15, -0.1) is 0 Å². The van der Waals surface area contributed by atoms with Crippen molar-refractivity contribution in [2.75, 3.05) is 30.3 Å². The van der Waals surface area contributed by atoms with Gasteiger partial charge >= 0.3 is 5.69 Å². The second kappa shape index (κ2) is 9.25. The van der Waals surface area contributed by atoms with Gasteiger partial charge in [0, 0.05) is 19.5 Å². The molecular formula is C21H28N6O3. The second-order valence-electron chi connectivity index (χ2n) is 8.08. The van der Waals surface area contributed by atoms with Crippen molar-refractivity contribution in [3.05, 3.63) is 45.6 Å². The largest absolute Gasteiger partial charge is 0.493 e. The number of benzene rings is 1. The number of anilines is 2. The quantitative estimate of drug-likeness (QED) is 0.446. The van der Waals surface area contributed by atoms with Crippen molar-refractivity contribution in [1.82, 2.24) is 9.97 Å². The zero-order valence-electron chi connectivity index (χ0n) is 17.0. The van der Waals surface area contributed by atoms with Crippen LogP contribution in [-0.2, 0) is 13.0 Å². The molecule has 0 saturated heterocycles. The van der Waals surface area contributed by atoms with Gasteiger partial charge in [0.15, 0.2) is 0 Å². The smallest absolute Gasteiger partial charge is 0.329 e. The van der Waals surface area contributed by atoms with Crippen LogP contribution in [0, 0.1) is 22.0 Å². The number of rotatable bonds is 8. The molecule has 1 fully saturated rings. The lowest BCUT2D eigenvalue weighted by molar-refractivity contribution is -0.384. The molecule has 0 bridgehead atoms. The van der Waals surface area contributed by atoms with E-state index in [0.717, 1.165) is 56.6 Å². The maximum absolute atomic E-state index is 11.4. The van der Waals surface area contributed by atoms with Crippen LogP contribution in [0.4, 0.5) is 17.5 Å². The van der Waals surface area contributed by atoms with E-state index in [9.17, 15) is 10.1 Å². The number of hydrogen-bond acceptors (Lipinski definition) is 8. The molecule has 0 spiro atoms. The van der Waals surface area contributed by atoms with Gasteiger partial charge in [0.25, 0.3) is 0 Å². The summed E-state index contributed by atoms with van der Waals surface area (Å²) in [6, 6.07) is 6.08. The summed E-state index contributed by atoms with van der Waals surface area (Å²) < 4.78 is 5.53. The topological polar surface area (TPSA) is 128 Å². The number of hydrogen-bond donors (Lipinski definition) is 3. The highest BCUT2D eigenvalue weighted by atomic mass is 16.6. The Labute approximate surface area is 175 Å². The molecule has 1 aliphatic heterocycles. The molecule has 2 aliphatic rings. The molecule has 4 rings (SSSR count). The Kier molecular flexibility index (Phi) is 6.27. The number of fused-ring (bicyclic) bond motifs is 1. The zero-order chi connectivity index (χ0) is 20.9. The van der Waals surface area contributed by atoms with Crippen molar-refractivity contribution in [3.63, 3.8) is 0 Å². The highest BCUT2D eigenvalue weighted by Crippen LogP contribution is 2.30. The number of ether oxygens (including phenoxy) is 1. The van der Waals surface area contributed by atoms with E-state index in [4.69, 9.17) is 10.5 Å². The number of nitrogens with zero attached hydrogens (tertiary/aromatic N) is 3. The first-order chi connectivity index (χ1) is 14.6. The SMILES string of the molecule is NCC1CCC(CNc2nc(NCc3ccc4c(c3)CCO4)ncc2[N+](=O)[O-])CC1. The number of nitrogens with one attached hydrogen (secondary N) is 2. The van der Waals surface area contributed by atoms with E-state index in [-0.39, 0.29) is 11.5 Å². The normalized spacial score (nSPS) is 20.3. The van der Waals surface area contributed by atoms with Gasteiger partial charge in [0.1, 0.15) is 11.9 Å². The lowest BCUT2D eigenvalue weighted by Gasteiger charge is -2.27. The van der Waals surface area contributed by atoms with Crippen LogP contribution in [0.15, 0.2) is 24.4 Å². The third kappa shape index (κ3) is 4.79. The number of aromatic nitrogens is 2. The molecule has 30 heavy (non-hydrogen) atoms. The predicted octanol–water partition coefficient (Wildman–Crippen LogP) is 3.11. The Bertz CT molecular complexity index is 898. The number of nitrogens with two attached hydrogens (primary N) is 1. The molecule has 0 radical (unpaired) electrons. The molecule has 0 amide bonds. The van der Waals surface area contributed by atoms with Gasteiger partial charge in [-0.2, -0.15) is 4.98 Å². The van der Waals surface area contributed by atoms with Crippen molar-refractivity contribution < 1.29 is 9.66 Å². The van der Waals surface area contributed by atoms with E-state index in [1.54, 1.807) is 0 Å². The molecule has 160 valence electrons. The third-order valence-electron chi connectivity index (χ3n) is 6.03. The Morgan fingerprint density at radius 2 is 2.00 bits per heavy atom. The monoisotopic (exact) mass is 412 g/mol. The molecule has 0 atom stereocenters. The Hall–Kier alpha value is -2.94. The highest BCUT2D eigenvalue weighted by molar-refractivity contribution is 5.57. The van der Waals surface area contributed by atoms with Gasteiger partial charge < -0.3 is 21.1 Å². The average molecular weight is 412 g/mol. The van der Waals surface area contributed by atoms with E-state index in [0.29, 0.717) is 30.9 Å². The molecule has 1 aromatic carbocycles. The Morgan fingerprint density at radius 1 is 1.20 bits per heavy atom. The van der Waals surface area contributed by atoms with Gasteiger partial charge in [0.2, 0.25) is 11.8 Å². The van der Waals surface area contributed by atoms with Crippen molar-refractivity contribution in [1.29, 1.82) is 0 Å². The Balaban J connectivity index is 1.39. The molecule has 0 unspecified atom stereocenters. The van der Waals surface area contributed by atoms with Crippen LogP contribution < -0.4 is 21.1 Å². The molecule has 2 aromatic rings. The van der Waals surface area contributed by atoms with Crippen LogP contribution in [0.2, 0.25) is 0 Å². The summed E-state index contributed by atoms with van der Waals surface area (Å²) in [7, 11) is 0. The maximum Gasteiger partial charge on any atom is 0.329 e. The molecule has 4 N–H and O–H groups in total. The molecule has 2 heterocycles. The van der Waals surface area contributed by atoms with Crippen LogP contribution >= 0.6 is 0 Å². The summed E-state index contributed by atoms with van der Waals surface area (Å²) in [5.74, 6) is 2.66. The van der Waals surface area contributed by atoms with Gasteiger partial charge in [-0.25, -0.2) is 4.98 Å². The van der Waals surface area contributed by atoms with Gasteiger partial charge in [-0.1, -0.05) is 12.1 Å². The third-order valence-corrected chi connectivity index (χ3v) is 6.03. The fraction of sp³-hybridized carbons (Fsp3) is 0.524. The summed E-state index contributed by atoms with van der Waals surface area (Å²) in [6.45, 7) is 2.66. The standard InChI is InChI=1S/C21H28N6O3/c22-10-14-1-3-15(4-2-14)11-23-20-18(27(28)29)13-25-21(26-20)24-12-16-5-6-19-17(9-16)7-8-30-19/h5-6,9,13-15H,1-4,7-8,10-12,22H2,(H2,23,24,25,26). The van der Waals surface area contributed by atoms with Gasteiger partial charge in [-0.3, -0.25) is 10.1 Å². The molecule has 9 heteroatoms. The van der Waals surface area contributed by atoms with E-state index in [1.165, 1.54) is 11.8 Å². The molecule has 1 aromatic heterocycles. The first kappa shape index (κ1) is 20.3. The second-order valence-corrected chi connectivity index (χ2v) is 8.08. The number of nitro groups is 1. The summed E-state index contributed by atoms with van der Waals surface area (Å²) in [4.78, 5) is 19.4. The zero-order valence-corrected chi connectivity index (χ0v) is 17.0. The fourth-order valence-electron chi connectivity index (χ4n) is 4.17. The first-order valence-electron chi connectivity index (χ1n) is 10.6. The minimum Gasteiger partial charge on any atom is -0.493 e. The molecule has 1 aliphatic carbocycles. The van der Waals surface area contributed by atoms with E-state index >= 15 is 0 Å². The maximum atomic E-state index is 11.4. The Morgan fingerprint density at radius 3 is 2.77 bits per heavy atom. The first-order valence-corrected chi connectivity index (χ1v) is 10.6. The van der Waals surface area contributed by atoms with Crippen molar-refractivity contribution in [2.24, 2.45) is 17.6 Å². The van der Waals surface area contributed by atoms with E-state index in [2.05, 4.69) is 26.7 Å². The summed E-state index contributed by atoms with van der Waals surface area (Å²) in [6.07, 6.45) is 6.58. The summed E-state index contributed by atoms with van der Waals surface area (Å²) in [5.41, 5.74) is 7.94. The minimum absolute atomic E-state index is 0.106. The van der Waals surface area contributed by atoms with Crippen LogP contribution in [0.5, 0.6) is 5.75 Å².